The summed E-state index contributed by atoms with van der Waals surface area (Å²) in [5.41, 5.74) is 2.77. The fraction of sp³-hybridized carbons (Fsp3) is 0.500. The highest BCUT2D eigenvalue weighted by Gasteiger charge is 2.02. The van der Waals surface area contributed by atoms with E-state index in [1.54, 1.807) is 0 Å². The van der Waals surface area contributed by atoms with Gasteiger partial charge < -0.3 is 0 Å². The van der Waals surface area contributed by atoms with Crippen LogP contribution in [0.3, 0.4) is 0 Å². The number of hydrogen-bond donors (Lipinski definition) is 0. The van der Waals surface area contributed by atoms with Crippen molar-refractivity contribution in [2.24, 2.45) is 0 Å². The summed E-state index contributed by atoms with van der Waals surface area (Å²) in [7, 11) is 3.85. The molecule has 0 fully saturated rings. The first-order valence-electron chi connectivity index (χ1n) is 5.04. The zero-order valence-corrected chi connectivity index (χ0v) is 11.0. The summed E-state index contributed by atoms with van der Waals surface area (Å²) in [6.45, 7) is 8.84. The van der Waals surface area contributed by atoms with E-state index in [-0.39, 0.29) is 0 Å². The Balaban J connectivity index is 2.55. The van der Waals surface area contributed by atoms with Gasteiger partial charge in [0.1, 0.15) is 0 Å². The molecule has 0 spiro atoms. The van der Waals surface area contributed by atoms with Crippen LogP contribution in [0.4, 0.5) is 0 Å². The van der Waals surface area contributed by atoms with Gasteiger partial charge >= 0.3 is 0 Å². The molecule has 1 unspecified atom stereocenters. The second kappa shape index (κ2) is 5.72. The van der Waals surface area contributed by atoms with Crippen LogP contribution < -0.4 is 0 Å². The summed E-state index contributed by atoms with van der Waals surface area (Å²) in [4.78, 5) is 1.37. The summed E-state index contributed by atoms with van der Waals surface area (Å²) in [6, 6.07) is 6.69. The maximum Gasteiger partial charge on any atom is 0.0185 e. The van der Waals surface area contributed by atoms with Gasteiger partial charge in [-0.3, -0.25) is 0 Å². The maximum absolute atomic E-state index is 2.28. The third-order valence-corrected chi connectivity index (χ3v) is 5.42. The van der Waals surface area contributed by atoms with Crippen LogP contribution in [0.25, 0.3) is 0 Å². The van der Waals surface area contributed by atoms with Crippen molar-refractivity contribution >= 4 is 21.6 Å². The molecule has 0 aliphatic rings. The van der Waals surface area contributed by atoms with Crippen LogP contribution in [0.1, 0.15) is 31.4 Å². The Morgan fingerprint density at radius 2 is 1.93 bits per heavy atom. The molecule has 1 atom stereocenters. The first-order chi connectivity index (χ1) is 6.63. The first-order valence-corrected chi connectivity index (χ1v) is 7.25. The highest BCUT2D eigenvalue weighted by molar-refractivity contribution is 8.76. The highest BCUT2D eigenvalue weighted by Crippen LogP contribution is 2.35. The molecule has 0 saturated carbocycles. The van der Waals surface area contributed by atoms with Gasteiger partial charge in [0.25, 0.3) is 0 Å². The summed E-state index contributed by atoms with van der Waals surface area (Å²) in [5, 5.41) is 0.738. The predicted octanol–water partition coefficient (Wildman–Crippen LogP) is 4.84. The summed E-state index contributed by atoms with van der Waals surface area (Å²) in [6.07, 6.45) is 1.24. The average Bonchev–Trinajstić information content (AvgIpc) is 2.19. The standard InChI is InChI=1S/C12H18S2/c1-5-11(4)13-14-12-7-6-9(2)10(3)8-12/h6-8,11H,5H2,1-4H3. The predicted molar refractivity (Wildman–Crippen MR) is 69.1 cm³/mol. The second-order valence-electron chi connectivity index (χ2n) is 3.64. The van der Waals surface area contributed by atoms with Crippen LogP contribution in [-0.2, 0) is 0 Å². The Hall–Kier alpha value is -0.0800. The Kier molecular flexibility index (Phi) is 4.90. The normalized spacial score (nSPS) is 12.9. The number of benzene rings is 1. The molecule has 0 nitrogen and oxygen atoms in total. The lowest BCUT2D eigenvalue weighted by Gasteiger charge is -2.08. The maximum atomic E-state index is 2.28. The summed E-state index contributed by atoms with van der Waals surface area (Å²) < 4.78 is 0. The van der Waals surface area contributed by atoms with Gasteiger partial charge in [0.05, 0.1) is 0 Å². The van der Waals surface area contributed by atoms with E-state index in [0.29, 0.717) is 0 Å². The Bertz CT molecular complexity index is 294. The van der Waals surface area contributed by atoms with Crippen molar-refractivity contribution in [3.63, 3.8) is 0 Å². The van der Waals surface area contributed by atoms with Crippen molar-refractivity contribution in [1.82, 2.24) is 0 Å². The molecule has 0 amide bonds. The molecule has 2 heteroatoms. The van der Waals surface area contributed by atoms with Gasteiger partial charge in [0, 0.05) is 10.1 Å². The van der Waals surface area contributed by atoms with E-state index >= 15 is 0 Å². The molecule has 1 rings (SSSR count). The molecule has 78 valence electrons. The molecule has 0 heterocycles. The highest BCUT2D eigenvalue weighted by atomic mass is 33.1. The van der Waals surface area contributed by atoms with Crippen molar-refractivity contribution in [3.8, 4) is 0 Å². The second-order valence-corrected chi connectivity index (χ2v) is 6.36. The van der Waals surface area contributed by atoms with Crippen LogP contribution in [0.2, 0.25) is 0 Å². The lowest BCUT2D eigenvalue weighted by Crippen LogP contribution is -1.88. The quantitative estimate of drug-likeness (QED) is 0.674. The van der Waals surface area contributed by atoms with Gasteiger partial charge in [-0.2, -0.15) is 0 Å². The Labute approximate surface area is 95.3 Å². The number of hydrogen-bond acceptors (Lipinski definition) is 2. The molecule has 0 aliphatic heterocycles. The monoisotopic (exact) mass is 226 g/mol. The fourth-order valence-corrected chi connectivity index (χ4v) is 3.28. The number of rotatable bonds is 4. The molecule has 0 saturated heterocycles. The van der Waals surface area contributed by atoms with Crippen LogP contribution in [0.15, 0.2) is 23.1 Å². The van der Waals surface area contributed by atoms with Crippen molar-refractivity contribution in [3.05, 3.63) is 29.3 Å². The molecule has 1 aromatic carbocycles. The molecule has 0 bridgehead atoms. The first kappa shape index (κ1) is 12.0. The molecular weight excluding hydrogens is 208 g/mol. The van der Waals surface area contributed by atoms with Crippen LogP contribution in [0, 0.1) is 13.8 Å². The molecule has 1 aromatic rings. The Morgan fingerprint density at radius 1 is 1.21 bits per heavy atom. The van der Waals surface area contributed by atoms with E-state index in [9.17, 15) is 0 Å². The van der Waals surface area contributed by atoms with E-state index in [2.05, 4.69) is 45.9 Å². The van der Waals surface area contributed by atoms with Gasteiger partial charge in [-0.15, -0.1) is 0 Å². The third-order valence-electron chi connectivity index (χ3n) is 2.36. The van der Waals surface area contributed by atoms with Gasteiger partial charge in [-0.05, 0) is 43.5 Å². The van der Waals surface area contributed by atoms with E-state index in [1.807, 2.05) is 21.6 Å². The largest absolute Gasteiger partial charge is 0.0858 e. The van der Waals surface area contributed by atoms with Crippen molar-refractivity contribution in [1.29, 1.82) is 0 Å². The minimum Gasteiger partial charge on any atom is -0.0858 e. The number of aryl methyl sites for hydroxylation is 2. The average molecular weight is 226 g/mol. The minimum absolute atomic E-state index is 0.738. The SMILES string of the molecule is CCC(C)SSc1ccc(C)c(C)c1. The summed E-state index contributed by atoms with van der Waals surface area (Å²) >= 11 is 0. The molecular formula is C12H18S2. The van der Waals surface area contributed by atoms with Crippen molar-refractivity contribution in [2.45, 2.75) is 44.3 Å². The van der Waals surface area contributed by atoms with E-state index in [0.717, 1.165) is 5.25 Å². The lowest BCUT2D eigenvalue weighted by atomic mass is 10.1. The lowest BCUT2D eigenvalue weighted by molar-refractivity contribution is 0.912. The van der Waals surface area contributed by atoms with E-state index in [4.69, 9.17) is 0 Å². The minimum atomic E-state index is 0.738. The van der Waals surface area contributed by atoms with Gasteiger partial charge in [0.2, 0.25) is 0 Å². The summed E-state index contributed by atoms with van der Waals surface area (Å²) in [5.74, 6) is 0. The third kappa shape index (κ3) is 3.58. The molecule has 0 aromatic heterocycles. The van der Waals surface area contributed by atoms with Crippen LogP contribution in [0.5, 0.6) is 0 Å². The Morgan fingerprint density at radius 3 is 2.50 bits per heavy atom. The molecule has 0 radical (unpaired) electrons. The smallest absolute Gasteiger partial charge is 0.0185 e. The van der Waals surface area contributed by atoms with Gasteiger partial charge in [0.15, 0.2) is 0 Å². The van der Waals surface area contributed by atoms with Gasteiger partial charge in [-0.25, -0.2) is 0 Å². The van der Waals surface area contributed by atoms with Crippen LogP contribution >= 0.6 is 21.6 Å². The molecule has 0 aliphatic carbocycles. The van der Waals surface area contributed by atoms with Crippen molar-refractivity contribution in [2.75, 3.05) is 0 Å². The molecule has 14 heavy (non-hydrogen) atoms. The van der Waals surface area contributed by atoms with Crippen LogP contribution in [-0.4, -0.2) is 5.25 Å². The molecule has 0 N–H and O–H groups in total. The topological polar surface area (TPSA) is 0 Å². The van der Waals surface area contributed by atoms with E-state index < -0.39 is 0 Å². The van der Waals surface area contributed by atoms with Crippen molar-refractivity contribution < 1.29 is 0 Å². The zero-order chi connectivity index (χ0) is 10.6. The van der Waals surface area contributed by atoms with Gasteiger partial charge in [-0.1, -0.05) is 41.5 Å². The van der Waals surface area contributed by atoms with E-state index in [1.165, 1.54) is 22.4 Å². The fourth-order valence-electron chi connectivity index (χ4n) is 0.971. The zero-order valence-electron chi connectivity index (χ0n) is 9.33.